The van der Waals surface area contributed by atoms with Gasteiger partial charge in [0.2, 0.25) is 0 Å². The van der Waals surface area contributed by atoms with Crippen molar-refractivity contribution in [2.24, 2.45) is 0 Å². The van der Waals surface area contributed by atoms with Crippen molar-refractivity contribution in [1.82, 2.24) is 4.98 Å². The smallest absolute Gasteiger partial charge is 0.272 e. The van der Waals surface area contributed by atoms with Gasteiger partial charge >= 0.3 is 0 Å². The molecule has 3 aromatic rings. The number of aromatic nitrogens is 1. The summed E-state index contributed by atoms with van der Waals surface area (Å²) in [7, 11) is 0. The lowest BCUT2D eigenvalue weighted by atomic mass is 10.1. The van der Waals surface area contributed by atoms with Gasteiger partial charge in [0.25, 0.3) is 11.2 Å². The van der Waals surface area contributed by atoms with Crippen molar-refractivity contribution in [3.05, 3.63) is 69.7 Å². The summed E-state index contributed by atoms with van der Waals surface area (Å²) in [5.74, 6) is 0. The Hall–Kier alpha value is -2.51. The van der Waals surface area contributed by atoms with Crippen molar-refractivity contribution in [3.8, 4) is 11.1 Å². The van der Waals surface area contributed by atoms with Crippen LogP contribution in [0.3, 0.4) is 0 Å². The van der Waals surface area contributed by atoms with Crippen LogP contribution >= 0.6 is 22.7 Å². The molecule has 116 valence electrons. The van der Waals surface area contributed by atoms with Gasteiger partial charge in [-0.15, -0.1) is 22.7 Å². The molecular formula is C16H12N2O3S2. The van der Waals surface area contributed by atoms with Gasteiger partial charge in [0.05, 0.1) is 14.1 Å². The predicted octanol–water partition coefficient (Wildman–Crippen LogP) is 2.62. The molecule has 0 radical (unpaired) electrons. The fourth-order valence-electron chi connectivity index (χ4n) is 2.18. The number of H-pyrrole nitrogens is 1. The fraction of sp³-hybridized carbons (Fsp3) is 0.0625. The summed E-state index contributed by atoms with van der Waals surface area (Å²) in [6.07, 6.45) is 1.80. The molecule has 0 aliphatic rings. The van der Waals surface area contributed by atoms with Gasteiger partial charge in [0.15, 0.2) is 0 Å². The minimum Gasteiger partial charge on any atom is -0.313 e. The van der Waals surface area contributed by atoms with E-state index < -0.39 is 0 Å². The third kappa shape index (κ3) is 3.15. The van der Waals surface area contributed by atoms with Gasteiger partial charge in [0, 0.05) is 16.5 Å². The van der Waals surface area contributed by atoms with Crippen molar-refractivity contribution in [2.75, 3.05) is 0 Å². The Kier molecular flexibility index (Phi) is 3.97. The maximum absolute atomic E-state index is 11.7. The number of benzene rings is 1. The molecule has 0 atom stereocenters. The standard InChI is InChI=1S/C16H12N2O3S2/c1-9-3-4-11(6-14(9)18(20)21)12-5-13(22-8-12)7-15-16(19)17-10(2)23-15/h3-8H,2H2,1H3,(H,17,19). The molecule has 0 saturated carbocycles. The van der Waals surface area contributed by atoms with E-state index in [4.69, 9.17) is 0 Å². The summed E-state index contributed by atoms with van der Waals surface area (Å²) in [5, 5.41) is 13.0. The minimum atomic E-state index is -0.376. The van der Waals surface area contributed by atoms with E-state index >= 15 is 0 Å². The van der Waals surface area contributed by atoms with E-state index in [1.807, 2.05) is 17.5 Å². The number of nitro benzene ring substituents is 1. The van der Waals surface area contributed by atoms with Crippen LogP contribution in [0.15, 0.2) is 34.4 Å². The second-order valence-electron chi connectivity index (χ2n) is 4.98. The molecule has 23 heavy (non-hydrogen) atoms. The fourth-order valence-corrected chi connectivity index (χ4v) is 3.84. The SMILES string of the molecule is C=c1[nH]c(=O)c(=Cc2cc(-c3ccc(C)c([N+](=O)[O-])c3)cs2)s1. The van der Waals surface area contributed by atoms with Gasteiger partial charge < -0.3 is 4.98 Å². The number of hydrogen-bond donors (Lipinski definition) is 1. The number of thiophene rings is 1. The quantitative estimate of drug-likeness (QED) is 0.586. The van der Waals surface area contributed by atoms with Crippen molar-refractivity contribution in [3.63, 3.8) is 0 Å². The van der Waals surface area contributed by atoms with E-state index in [0.29, 0.717) is 14.8 Å². The van der Waals surface area contributed by atoms with Gasteiger partial charge in [-0.25, -0.2) is 0 Å². The summed E-state index contributed by atoms with van der Waals surface area (Å²) in [5.41, 5.74) is 2.27. The highest BCUT2D eigenvalue weighted by molar-refractivity contribution is 7.11. The largest absolute Gasteiger partial charge is 0.313 e. The van der Waals surface area contributed by atoms with E-state index in [1.165, 1.54) is 22.7 Å². The number of aryl methyl sites for hydroxylation is 1. The molecule has 0 unspecified atom stereocenters. The van der Waals surface area contributed by atoms with Crippen LogP contribution in [-0.4, -0.2) is 9.91 Å². The van der Waals surface area contributed by atoms with Crippen molar-refractivity contribution >= 4 is 41.0 Å². The number of aromatic amines is 1. The van der Waals surface area contributed by atoms with E-state index in [9.17, 15) is 14.9 Å². The zero-order valence-corrected chi connectivity index (χ0v) is 13.8. The third-order valence-corrected chi connectivity index (χ3v) is 5.09. The number of thiazole rings is 1. The molecular weight excluding hydrogens is 332 g/mol. The Morgan fingerprint density at radius 3 is 2.74 bits per heavy atom. The van der Waals surface area contributed by atoms with Crippen LogP contribution in [0.1, 0.15) is 10.4 Å². The molecule has 0 fully saturated rings. The van der Waals surface area contributed by atoms with Crippen molar-refractivity contribution < 1.29 is 4.92 Å². The number of nitro groups is 1. The number of rotatable bonds is 3. The lowest BCUT2D eigenvalue weighted by Crippen LogP contribution is -2.19. The summed E-state index contributed by atoms with van der Waals surface area (Å²) < 4.78 is 1.21. The summed E-state index contributed by atoms with van der Waals surface area (Å²) in [6.45, 7) is 5.43. The van der Waals surface area contributed by atoms with Crippen LogP contribution in [0.2, 0.25) is 0 Å². The highest BCUT2D eigenvalue weighted by Gasteiger charge is 2.12. The third-order valence-electron chi connectivity index (χ3n) is 3.34. The van der Waals surface area contributed by atoms with Crippen molar-refractivity contribution in [1.29, 1.82) is 0 Å². The lowest BCUT2D eigenvalue weighted by Gasteiger charge is -2.00. The molecule has 0 aliphatic heterocycles. The van der Waals surface area contributed by atoms with Crippen LogP contribution < -0.4 is 14.8 Å². The summed E-state index contributed by atoms with van der Waals surface area (Å²) in [6, 6.07) is 7.10. The Labute approximate surface area is 139 Å². The van der Waals surface area contributed by atoms with E-state index in [2.05, 4.69) is 11.6 Å². The zero-order chi connectivity index (χ0) is 16.6. The van der Waals surface area contributed by atoms with Gasteiger partial charge in [-0.1, -0.05) is 18.7 Å². The topological polar surface area (TPSA) is 76.0 Å². The van der Waals surface area contributed by atoms with Gasteiger partial charge in [-0.3, -0.25) is 14.9 Å². The predicted molar refractivity (Wildman–Crippen MR) is 94.4 cm³/mol. The minimum absolute atomic E-state index is 0.107. The average Bonchev–Trinajstić information content (AvgIpc) is 3.06. The Bertz CT molecular complexity index is 1060. The monoisotopic (exact) mass is 344 g/mol. The first kappa shape index (κ1) is 15.4. The van der Waals surface area contributed by atoms with Gasteiger partial charge in [-0.2, -0.15) is 0 Å². The highest BCUT2D eigenvalue weighted by Crippen LogP contribution is 2.30. The second-order valence-corrected chi connectivity index (χ2v) is 7.06. The Balaban J connectivity index is 2.03. The molecule has 2 aromatic heterocycles. The number of nitrogens with one attached hydrogen (secondary N) is 1. The van der Waals surface area contributed by atoms with Crippen LogP contribution in [-0.2, 0) is 0 Å². The Morgan fingerprint density at radius 2 is 2.09 bits per heavy atom. The molecule has 3 rings (SSSR count). The summed E-state index contributed by atoms with van der Waals surface area (Å²) in [4.78, 5) is 25.9. The number of hydrogen-bond acceptors (Lipinski definition) is 5. The molecule has 2 heterocycles. The molecule has 1 N–H and O–H groups in total. The second kappa shape index (κ2) is 5.94. The van der Waals surface area contributed by atoms with E-state index in [0.717, 1.165) is 16.0 Å². The highest BCUT2D eigenvalue weighted by atomic mass is 32.1. The molecule has 1 aromatic carbocycles. The maximum atomic E-state index is 11.7. The first-order valence-corrected chi connectivity index (χ1v) is 8.37. The normalized spacial score (nSPS) is 11.8. The molecule has 0 saturated heterocycles. The maximum Gasteiger partial charge on any atom is 0.272 e. The van der Waals surface area contributed by atoms with Crippen molar-refractivity contribution in [2.45, 2.75) is 6.92 Å². The van der Waals surface area contributed by atoms with Crippen LogP contribution in [0.5, 0.6) is 0 Å². The van der Waals surface area contributed by atoms with Gasteiger partial charge in [0.1, 0.15) is 0 Å². The van der Waals surface area contributed by atoms with Crippen LogP contribution in [0, 0.1) is 17.0 Å². The molecule has 0 spiro atoms. The van der Waals surface area contributed by atoms with E-state index in [-0.39, 0.29) is 16.2 Å². The molecule has 0 bridgehead atoms. The van der Waals surface area contributed by atoms with Crippen LogP contribution in [0.4, 0.5) is 5.69 Å². The molecule has 5 nitrogen and oxygen atoms in total. The van der Waals surface area contributed by atoms with Crippen LogP contribution in [0.25, 0.3) is 23.8 Å². The molecule has 7 heteroatoms. The average molecular weight is 344 g/mol. The zero-order valence-electron chi connectivity index (χ0n) is 12.2. The summed E-state index contributed by atoms with van der Waals surface area (Å²) >= 11 is 2.79. The molecule has 0 aliphatic carbocycles. The van der Waals surface area contributed by atoms with Gasteiger partial charge in [-0.05, 0) is 35.6 Å². The van der Waals surface area contributed by atoms with E-state index in [1.54, 1.807) is 25.1 Å². The lowest BCUT2D eigenvalue weighted by molar-refractivity contribution is -0.385. The number of nitrogens with zero attached hydrogens (tertiary/aromatic N) is 1. The first-order chi connectivity index (χ1) is 10.9. The first-order valence-electron chi connectivity index (χ1n) is 6.68. The molecule has 0 amide bonds. The Morgan fingerprint density at radius 1 is 1.30 bits per heavy atom.